The molecule has 0 aromatic heterocycles. The predicted octanol–water partition coefficient (Wildman–Crippen LogP) is 4.32. The normalized spacial score (nSPS) is 44.0. The van der Waals surface area contributed by atoms with Gasteiger partial charge in [-0.1, -0.05) is 58.1 Å². The monoisotopic (exact) mass is 498 g/mol. The summed E-state index contributed by atoms with van der Waals surface area (Å²) < 4.78 is 6.16. The van der Waals surface area contributed by atoms with E-state index >= 15 is 0 Å². The lowest BCUT2D eigenvalue weighted by Crippen LogP contribution is -2.63. The first-order valence-corrected chi connectivity index (χ1v) is 14.0. The molecule has 0 aromatic carbocycles. The Morgan fingerprint density at radius 2 is 1.89 bits per heavy atom. The highest BCUT2D eigenvalue weighted by Gasteiger charge is 2.70. The Bertz CT molecular complexity index is 991. The van der Waals surface area contributed by atoms with Crippen LogP contribution in [0.15, 0.2) is 23.8 Å². The molecule has 5 aliphatic rings. The van der Waals surface area contributed by atoms with Crippen molar-refractivity contribution in [3.05, 3.63) is 23.8 Å². The number of carbonyl (C=O) groups excluding carboxylic acids is 3. The molecule has 4 saturated carbocycles. The Morgan fingerprint density at radius 1 is 1.17 bits per heavy atom. The molecule has 0 spiro atoms. The van der Waals surface area contributed by atoms with Crippen LogP contribution in [0.25, 0.3) is 0 Å². The Balaban J connectivity index is 1.45. The third-order valence-corrected chi connectivity index (χ3v) is 11.1. The number of esters is 1. The number of ether oxygens (including phenoxy) is 1. The predicted molar refractivity (Wildman–Crippen MR) is 135 cm³/mol. The van der Waals surface area contributed by atoms with Gasteiger partial charge < -0.3 is 14.9 Å². The van der Waals surface area contributed by atoms with Gasteiger partial charge in [0.25, 0.3) is 0 Å². The van der Waals surface area contributed by atoms with Gasteiger partial charge in [-0.15, -0.1) is 0 Å². The van der Waals surface area contributed by atoms with E-state index in [0.29, 0.717) is 25.2 Å². The molecule has 2 N–H and O–H groups in total. The smallest absolute Gasteiger partial charge is 0.306 e. The van der Waals surface area contributed by atoms with E-state index in [1.807, 2.05) is 13.0 Å². The number of aliphatic hydroxyl groups excluding tert-OH is 2. The van der Waals surface area contributed by atoms with Gasteiger partial charge in [0.05, 0.1) is 6.10 Å². The first-order chi connectivity index (χ1) is 17.1. The minimum atomic E-state index is -1.40. The van der Waals surface area contributed by atoms with Crippen LogP contribution in [-0.2, 0) is 19.1 Å². The molecular formula is C30H42O6. The Hall–Kier alpha value is -1.79. The van der Waals surface area contributed by atoms with E-state index in [0.717, 1.165) is 37.7 Å². The molecule has 6 nitrogen and oxygen atoms in total. The number of hydrogen-bond donors (Lipinski definition) is 2. The van der Waals surface area contributed by atoms with E-state index in [-0.39, 0.29) is 35.4 Å². The maximum absolute atomic E-state index is 13.4. The molecule has 0 amide bonds. The van der Waals surface area contributed by atoms with Crippen LogP contribution >= 0.6 is 0 Å². The summed E-state index contributed by atoms with van der Waals surface area (Å²) in [6.07, 6.45) is 12.7. The van der Waals surface area contributed by atoms with Crippen LogP contribution in [0.1, 0.15) is 85.0 Å². The molecule has 0 aromatic rings. The van der Waals surface area contributed by atoms with E-state index in [1.54, 1.807) is 12.2 Å². The van der Waals surface area contributed by atoms with E-state index in [1.165, 1.54) is 12.8 Å². The van der Waals surface area contributed by atoms with Crippen molar-refractivity contribution >= 4 is 17.5 Å². The number of allylic oxidation sites excluding steroid dienone is 4. The van der Waals surface area contributed by atoms with Crippen molar-refractivity contribution in [1.82, 2.24) is 0 Å². The molecule has 0 radical (unpaired) electrons. The lowest BCUT2D eigenvalue weighted by molar-refractivity contribution is -0.201. The van der Waals surface area contributed by atoms with Gasteiger partial charge >= 0.3 is 5.97 Å². The number of hydrogen-bond acceptors (Lipinski definition) is 6. The van der Waals surface area contributed by atoms with E-state index in [2.05, 4.69) is 13.8 Å². The zero-order valence-electron chi connectivity index (χ0n) is 22.0. The minimum Gasteiger partial charge on any atom is -0.450 e. The van der Waals surface area contributed by atoms with Gasteiger partial charge in [-0.05, 0) is 67.9 Å². The second kappa shape index (κ2) is 9.20. The van der Waals surface area contributed by atoms with Crippen molar-refractivity contribution in [2.24, 2.45) is 40.4 Å². The Labute approximate surface area is 214 Å². The molecule has 0 unspecified atom stereocenters. The quantitative estimate of drug-likeness (QED) is 0.529. The molecule has 0 aliphatic heterocycles. The fraction of sp³-hybridized carbons (Fsp3) is 0.767. The highest BCUT2D eigenvalue weighted by molar-refractivity contribution is 6.01. The summed E-state index contributed by atoms with van der Waals surface area (Å²) in [5.41, 5.74) is -1.47. The van der Waals surface area contributed by atoms with Crippen LogP contribution in [0.3, 0.4) is 0 Å². The van der Waals surface area contributed by atoms with Gasteiger partial charge in [-0.25, -0.2) is 0 Å². The Kier molecular flexibility index (Phi) is 6.60. The first kappa shape index (κ1) is 25.8. The van der Waals surface area contributed by atoms with Gasteiger partial charge in [0.1, 0.15) is 6.61 Å². The van der Waals surface area contributed by atoms with Crippen molar-refractivity contribution in [3.63, 3.8) is 0 Å². The summed E-state index contributed by atoms with van der Waals surface area (Å²) in [5, 5.41) is 21.7. The van der Waals surface area contributed by atoms with Crippen LogP contribution in [0.2, 0.25) is 0 Å². The topological polar surface area (TPSA) is 101 Å². The molecule has 36 heavy (non-hydrogen) atoms. The standard InChI is InChI=1S/C30H42O6/c1-18-14-21-22-11-13-30(25(34)17-31,36-26(35)9-8-19-6-4-5-7-19)29(22,3)16-24(33)27(21)28(2)12-10-20(32)15-23(18)28/h10,12,15,18-19,21-22,24,27,31,33H,4-9,11,13-14,16-17H2,1-3H3/t18-,21-,22-,24-,27+,28-,29-,30-/m0/s1. The van der Waals surface area contributed by atoms with Crippen molar-refractivity contribution in [2.75, 3.05) is 6.61 Å². The number of aliphatic hydroxyl groups is 2. The van der Waals surface area contributed by atoms with Crippen molar-refractivity contribution in [1.29, 1.82) is 0 Å². The van der Waals surface area contributed by atoms with E-state index in [4.69, 9.17) is 4.74 Å². The zero-order valence-corrected chi connectivity index (χ0v) is 22.0. The number of carbonyl (C=O) groups is 3. The molecular weight excluding hydrogens is 456 g/mol. The molecule has 0 saturated heterocycles. The SMILES string of the molecule is C[C@H]1C[C@@H]2[C@H]([C@@H](O)C[C@@]3(C)[C@H]2CC[C@]3(OC(=O)CCC2CCCC2)C(=O)CO)[C@@]2(C)C=CC(=O)C=C12. The van der Waals surface area contributed by atoms with Crippen LogP contribution in [-0.4, -0.2) is 46.1 Å². The molecule has 0 heterocycles. The zero-order chi connectivity index (χ0) is 25.9. The van der Waals surface area contributed by atoms with Crippen LogP contribution < -0.4 is 0 Å². The summed E-state index contributed by atoms with van der Waals surface area (Å²) in [6, 6.07) is 0. The summed E-state index contributed by atoms with van der Waals surface area (Å²) in [5.74, 6) is 0.0679. The molecule has 5 rings (SSSR count). The average molecular weight is 499 g/mol. The third-order valence-electron chi connectivity index (χ3n) is 11.1. The van der Waals surface area contributed by atoms with Crippen molar-refractivity contribution < 1.29 is 29.3 Å². The molecule has 8 atom stereocenters. The van der Waals surface area contributed by atoms with Crippen molar-refractivity contribution in [2.45, 2.75) is 96.7 Å². The molecule has 6 heteroatoms. The van der Waals surface area contributed by atoms with Crippen LogP contribution in [0.5, 0.6) is 0 Å². The molecule has 0 bridgehead atoms. The fourth-order valence-corrected chi connectivity index (χ4v) is 9.41. The molecule has 4 fully saturated rings. The lowest BCUT2D eigenvalue weighted by Gasteiger charge is -2.61. The third kappa shape index (κ3) is 3.77. The first-order valence-electron chi connectivity index (χ1n) is 14.0. The number of ketones is 2. The van der Waals surface area contributed by atoms with Gasteiger partial charge in [0.2, 0.25) is 5.78 Å². The maximum Gasteiger partial charge on any atom is 0.306 e. The molecule has 5 aliphatic carbocycles. The Morgan fingerprint density at radius 3 is 2.58 bits per heavy atom. The van der Waals surface area contributed by atoms with E-state index in [9.17, 15) is 24.6 Å². The maximum atomic E-state index is 13.4. The largest absolute Gasteiger partial charge is 0.450 e. The second-order valence-corrected chi connectivity index (χ2v) is 12.9. The average Bonchev–Trinajstić information content (AvgIpc) is 3.45. The summed E-state index contributed by atoms with van der Waals surface area (Å²) in [4.78, 5) is 38.7. The summed E-state index contributed by atoms with van der Waals surface area (Å²) in [7, 11) is 0. The highest BCUT2D eigenvalue weighted by Crippen LogP contribution is 2.68. The minimum absolute atomic E-state index is 0.000791. The van der Waals surface area contributed by atoms with E-state index < -0.39 is 34.9 Å². The molecule has 198 valence electrons. The van der Waals surface area contributed by atoms with Crippen LogP contribution in [0.4, 0.5) is 0 Å². The van der Waals surface area contributed by atoms with Crippen LogP contribution in [0, 0.1) is 40.4 Å². The van der Waals surface area contributed by atoms with Gasteiger partial charge in [0.15, 0.2) is 11.4 Å². The lowest BCUT2D eigenvalue weighted by atomic mass is 9.44. The number of rotatable bonds is 6. The van der Waals surface area contributed by atoms with Gasteiger partial charge in [-0.2, -0.15) is 0 Å². The number of fused-ring (bicyclic) bond motifs is 5. The summed E-state index contributed by atoms with van der Waals surface area (Å²) in [6.45, 7) is 5.61. The van der Waals surface area contributed by atoms with Crippen molar-refractivity contribution in [3.8, 4) is 0 Å². The number of Topliss-reactive ketones (excluding diaryl/α,β-unsaturated/α-hetero) is 1. The summed E-state index contributed by atoms with van der Waals surface area (Å²) >= 11 is 0. The second-order valence-electron chi connectivity index (χ2n) is 12.9. The van der Waals surface area contributed by atoms with Gasteiger partial charge in [-0.3, -0.25) is 14.4 Å². The fourth-order valence-electron chi connectivity index (χ4n) is 9.41. The highest BCUT2D eigenvalue weighted by atomic mass is 16.6. The van der Waals surface area contributed by atoms with Gasteiger partial charge in [0, 0.05) is 23.2 Å².